The lowest BCUT2D eigenvalue weighted by molar-refractivity contribution is 0.0770. The second-order valence-electron chi connectivity index (χ2n) is 4.22. The van der Waals surface area contributed by atoms with Crippen molar-refractivity contribution in [3.8, 4) is 0 Å². The van der Waals surface area contributed by atoms with E-state index in [0.29, 0.717) is 11.4 Å². The van der Waals surface area contributed by atoms with Crippen molar-refractivity contribution in [2.75, 3.05) is 18.4 Å². The van der Waals surface area contributed by atoms with Crippen LogP contribution in [0.2, 0.25) is 0 Å². The van der Waals surface area contributed by atoms with Crippen LogP contribution in [0.15, 0.2) is 24.3 Å². The van der Waals surface area contributed by atoms with Crippen molar-refractivity contribution in [2.24, 2.45) is 0 Å². The van der Waals surface area contributed by atoms with Crippen LogP contribution in [0.5, 0.6) is 0 Å². The monoisotopic (exact) mass is 343 g/mol. The molecule has 2 nitrogen and oxygen atoms in total. The number of hydrogen-bond donors (Lipinski definition) is 0. The highest BCUT2D eigenvalue weighted by Gasteiger charge is 2.16. The maximum Gasteiger partial charge on any atom is 0.263 e. The van der Waals surface area contributed by atoms with E-state index in [4.69, 9.17) is 0 Å². The minimum atomic E-state index is -0.264. The van der Waals surface area contributed by atoms with Crippen LogP contribution in [0.4, 0.5) is 4.39 Å². The predicted octanol–water partition coefficient (Wildman–Crippen LogP) is 4.29. The molecule has 0 spiro atoms. The quantitative estimate of drug-likeness (QED) is 0.741. The smallest absolute Gasteiger partial charge is 0.263 e. The van der Waals surface area contributed by atoms with Gasteiger partial charge in [-0.25, -0.2) is 4.39 Å². The Hall–Kier alpha value is -0.940. The van der Waals surface area contributed by atoms with E-state index in [2.05, 4.69) is 15.9 Å². The molecule has 1 aromatic carbocycles. The van der Waals surface area contributed by atoms with Crippen LogP contribution in [0.1, 0.15) is 23.0 Å². The minimum absolute atomic E-state index is 0.0325. The number of thiophene rings is 1. The van der Waals surface area contributed by atoms with Crippen LogP contribution in [0.25, 0.3) is 10.1 Å². The Labute approximate surface area is 124 Å². The van der Waals surface area contributed by atoms with E-state index in [9.17, 15) is 9.18 Å². The number of carbonyl (C=O) groups is 1. The van der Waals surface area contributed by atoms with E-state index in [0.717, 1.165) is 28.4 Å². The van der Waals surface area contributed by atoms with Gasteiger partial charge in [0.1, 0.15) is 5.82 Å². The molecule has 5 heteroatoms. The summed E-state index contributed by atoms with van der Waals surface area (Å²) < 4.78 is 14.0. The second kappa shape index (κ2) is 6.48. The Morgan fingerprint density at radius 1 is 1.42 bits per heavy atom. The van der Waals surface area contributed by atoms with E-state index in [-0.39, 0.29) is 11.7 Å². The third kappa shape index (κ3) is 3.34. The topological polar surface area (TPSA) is 20.3 Å². The summed E-state index contributed by atoms with van der Waals surface area (Å²) in [5, 5.41) is 1.81. The molecular formula is C14H15BrFNOS. The maximum absolute atomic E-state index is 13.1. The number of amides is 1. The minimum Gasteiger partial charge on any atom is -0.338 e. The zero-order valence-corrected chi connectivity index (χ0v) is 13.1. The van der Waals surface area contributed by atoms with E-state index < -0.39 is 0 Å². The maximum atomic E-state index is 13.1. The number of carbonyl (C=O) groups excluding carboxylic acids is 1. The Bertz CT molecular complexity index is 584. The standard InChI is InChI=1S/C14H15BrFNOS/c1-2-17(7-3-6-15)14(18)13-8-10-4-5-11(16)9-12(10)19-13/h4-5,8-9H,2-3,6-7H2,1H3. The van der Waals surface area contributed by atoms with Crippen molar-refractivity contribution in [3.63, 3.8) is 0 Å². The molecule has 1 aromatic heterocycles. The van der Waals surface area contributed by atoms with Crippen molar-refractivity contribution < 1.29 is 9.18 Å². The summed E-state index contributed by atoms with van der Waals surface area (Å²) in [6.07, 6.45) is 0.930. The van der Waals surface area contributed by atoms with Gasteiger partial charge < -0.3 is 4.90 Å². The molecule has 0 radical (unpaired) electrons. The first-order valence-corrected chi connectivity index (χ1v) is 8.14. The number of alkyl halides is 1. The fourth-order valence-electron chi connectivity index (χ4n) is 1.92. The summed E-state index contributed by atoms with van der Waals surface area (Å²) in [4.78, 5) is 14.9. The Kier molecular flexibility index (Phi) is 4.93. The highest BCUT2D eigenvalue weighted by molar-refractivity contribution is 9.09. The van der Waals surface area contributed by atoms with Gasteiger partial charge in [-0.2, -0.15) is 0 Å². The molecule has 2 aromatic rings. The molecule has 0 fully saturated rings. The number of benzene rings is 1. The largest absolute Gasteiger partial charge is 0.338 e. The number of hydrogen-bond acceptors (Lipinski definition) is 2. The number of rotatable bonds is 5. The molecule has 0 aliphatic carbocycles. The molecule has 0 bridgehead atoms. The molecule has 0 aliphatic heterocycles. The highest BCUT2D eigenvalue weighted by atomic mass is 79.9. The molecule has 0 atom stereocenters. The first kappa shape index (κ1) is 14.5. The Balaban J connectivity index is 2.24. The van der Waals surface area contributed by atoms with Gasteiger partial charge in [0.2, 0.25) is 0 Å². The predicted molar refractivity (Wildman–Crippen MR) is 81.8 cm³/mol. The molecule has 0 saturated heterocycles. The van der Waals surface area contributed by atoms with Gasteiger partial charge >= 0.3 is 0 Å². The summed E-state index contributed by atoms with van der Waals surface area (Å²) in [5.74, 6) is -0.231. The van der Waals surface area contributed by atoms with Crippen LogP contribution in [-0.4, -0.2) is 29.2 Å². The third-order valence-electron chi connectivity index (χ3n) is 2.92. The van der Waals surface area contributed by atoms with Crippen molar-refractivity contribution in [2.45, 2.75) is 13.3 Å². The Morgan fingerprint density at radius 3 is 2.89 bits per heavy atom. The van der Waals surface area contributed by atoms with Crippen LogP contribution >= 0.6 is 27.3 Å². The molecule has 0 N–H and O–H groups in total. The normalized spacial score (nSPS) is 10.9. The number of nitrogens with zero attached hydrogens (tertiary/aromatic N) is 1. The fraction of sp³-hybridized carbons (Fsp3) is 0.357. The van der Waals surface area contributed by atoms with Crippen molar-refractivity contribution >= 4 is 43.3 Å². The molecule has 102 valence electrons. The van der Waals surface area contributed by atoms with E-state index in [1.165, 1.54) is 23.5 Å². The average Bonchev–Trinajstić information content (AvgIpc) is 2.82. The van der Waals surface area contributed by atoms with Gasteiger partial charge in [-0.3, -0.25) is 4.79 Å². The van der Waals surface area contributed by atoms with E-state index in [1.807, 2.05) is 17.9 Å². The van der Waals surface area contributed by atoms with Gasteiger partial charge in [-0.05, 0) is 36.9 Å². The van der Waals surface area contributed by atoms with Crippen LogP contribution < -0.4 is 0 Å². The van der Waals surface area contributed by atoms with Crippen LogP contribution in [0.3, 0.4) is 0 Å². The molecule has 19 heavy (non-hydrogen) atoms. The van der Waals surface area contributed by atoms with Gasteiger partial charge in [0.05, 0.1) is 4.88 Å². The third-order valence-corrected chi connectivity index (χ3v) is 4.57. The van der Waals surface area contributed by atoms with E-state index in [1.54, 1.807) is 6.07 Å². The van der Waals surface area contributed by atoms with Gasteiger partial charge in [-0.15, -0.1) is 11.3 Å². The first-order valence-electron chi connectivity index (χ1n) is 6.20. The van der Waals surface area contributed by atoms with Crippen molar-refractivity contribution in [3.05, 3.63) is 35.0 Å². The first-order chi connectivity index (χ1) is 9.15. The van der Waals surface area contributed by atoms with Crippen molar-refractivity contribution in [1.82, 2.24) is 4.90 Å². The lowest BCUT2D eigenvalue weighted by atomic mass is 10.2. The Morgan fingerprint density at radius 2 is 2.21 bits per heavy atom. The summed E-state index contributed by atoms with van der Waals surface area (Å²) in [5.41, 5.74) is 0. The van der Waals surface area contributed by atoms with Crippen LogP contribution in [0, 0.1) is 5.82 Å². The second-order valence-corrected chi connectivity index (χ2v) is 6.10. The lowest BCUT2D eigenvalue weighted by Crippen LogP contribution is -2.31. The zero-order chi connectivity index (χ0) is 13.8. The molecule has 0 saturated carbocycles. The van der Waals surface area contributed by atoms with Crippen LogP contribution in [-0.2, 0) is 0 Å². The van der Waals surface area contributed by atoms with Gasteiger partial charge in [0, 0.05) is 23.1 Å². The molecule has 0 unspecified atom stereocenters. The summed E-state index contributed by atoms with van der Waals surface area (Å²) in [6, 6.07) is 6.46. The molecule has 1 amide bonds. The fourth-order valence-corrected chi connectivity index (χ4v) is 3.23. The molecular weight excluding hydrogens is 329 g/mol. The zero-order valence-electron chi connectivity index (χ0n) is 10.7. The SMILES string of the molecule is CCN(CCCBr)C(=O)c1cc2ccc(F)cc2s1. The lowest BCUT2D eigenvalue weighted by Gasteiger charge is -2.19. The van der Waals surface area contributed by atoms with E-state index >= 15 is 0 Å². The van der Waals surface area contributed by atoms with Crippen molar-refractivity contribution in [1.29, 1.82) is 0 Å². The van der Waals surface area contributed by atoms with Gasteiger partial charge in [0.25, 0.3) is 5.91 Å². The van der Waals surface area contributed by atoms with Gasteiger partial charge in [-0.1, -0.05) is 22.0 Å². The summed E-state index contributed by atoms with van der Waals surface area (Å²) in [6.45, 7) is 3.40. The average molecular weight is 344 g/mol. The highest BCUT2D eigenvalue weighted by Crippen LogP contribution is 2.27. The van der Waals surface area contributed by atoms with Gasteiger partial charge in [0.15, 0.2) is 0 Å². The number of halogens is 2. The summed E-state index contributed by atoms with van der Waals surface area (Å²) in [7, 11) is 0. The summed E-state index contributed by atoms with van der Waals surface area (Å²) >= 11 is 4.73. The molecule has 2 rings (SSSR count). The molecule has 0 aliphatic rings. The molecule has 1 heterocycles. The number of fused-ring (bicyclic) bond motifs is 1.